The van der Waals surface area contributed by atoms with Gasteiger partial charge in [0, 0.05) is 6.61 Å². The van der Waals surface area contributed by atoms with Crippen molar-refractivity contribution < 1.29 is 14.0 Å². The Labute approximate surface area is 175 Å². The van der Waals surface area contributed by atoms with Gasteiger partial charge < -0.3 is 9.16 Å². The first-order valence-corrected chi connectivity index (χ1v) is 12.3. The number of ether oxygens (including phenoxy) is 1. The Kier molecular flexibility index (Phi) is 6.76. The highest BCUT2D eigenvalue weighted by molar-refractivity contribution is 6.99. The lowest BCUT2D eigenvalue weighted by Gasteiger charge is -2.44. The van der Waals surface area contributed by atoms with Crippen LogP contribution in [-0.4, -0.2) is 28.0 Å². The fourth-order valence-electron chi connectivity index (χ4n) is 4.49. The van der Waals surface area contributed by atoms with Gasteiger partial charge in [0.15, 0.2) is 0 Å². The number of allylic oxidation sites excluding steroid dienone is 2. The summed E-state index contributed by atoms with van der Waals surface area (Å²) in [6.45, 7) is 7.38. The van der Waals surface area contributed by atoms with Crippen molar-refractivity contribution in [3.05, 3.63) is 72.8 Å². The van der Waals surface area contributed by atoms with Gasteiger partial charge in [-0.15, -0.1) is 0 Å². The van der Waals surface area contributed by atoms with E-state index in [2.05, 4.69) is 93.6 Å². The van der Waals surface area contributed by atoms with E-state index in [-0.39, 0.29) is 22.8 Å². The molecule has 2 atom stereocenters. The van der Waals surface area contributed by atoms with Gasteiger partial charge in [0.2, 0.25) is 0 Å². The van der Waals surface area contributed by atoms with Crippen LogP contribution in [0, 0.1) is 11.8 Å². The molecule has 0 unspecified atom stereocenters. The van der Waals surface area contributed by atoms with Crippen LogP contribution in [-0.2, 0) is 14.0 Å². The van der Waals surface area contributed by atoms with Gasteiger partial charge in [-0.1, -0.05) is 93.6 Å². The van der Waals surface area contributed by atoms with Gasteiger partial charge in [-0.25, -0.2) is 0 Å². The summed E-state index contributed by atoms with van der Waals surface area (Å²) in [4.78, 5) is 12.3. The Morgan fingerprint density at radius 2 is 1.45 bits per heavy atom. The van der Waals surface area contributed by atoms with E-state index in [0.717, 1.165) is 12.8 Å². The summed E-state index contributed by atoms with van der Waals surface area (Å²) in [5.74, 6) is -0.136. The smallest absolute Gasteiger partial charge is 0.309 e. The molecule has 154 valence electrons. The lowest BCUT2D eigenvalue weighted by Crippen LogP contribution is -2.67. The van der Waals surface area contributed by atoms with E-state index in [0.29, 0.717) is 6.61 Å². The Hall–Kier alpha value is -2.17. The van der Waals surface area contributed by atoms with Gasteiger partial charge in [0.25, 0.3) is 8.32 Å². The first-order valence-electron chi connectivity index (χ1n) is 10.4. The van der Waals surface area contributed by atoms with Crippen molar-refractivity contribution in [2.24, 2.45) is 11.8 Å². The highest BCUT2D eigenvalue weighted by Crippen LogP contribution is 2.38. The Morgan fingerprint density at radius 3 is 1.93 bits per heavy atom. The molecule has 3 nitrogen and oxygen atoms in total. The van der Waals surface area contributed by atoms with E-state index in [1.807, 2.05) is 0 Å². The standard InChI is InChI=1S/C25H32O3Si/c1-25(2,3)29(21-14-7-5-8-15-21,22-16-9-6-10-17-22)28-19-20-13-11-12-18-23(20)24(26)27-4/h5-12,14-17,20,23H,13,18-19H2,1-4H3/t20-,23+/m0/s1. The molecule has 0 aromatic heterocycles. The Morgan fingerprint density at radius 1 is 0.931 bits per heavy atom. The van der Waals surface area contributed by atoms with Crippen LogP contribution in [0.2, 0.25) is 5.04 Å². The number of carbonyl (C=O) groups excluding carboxylic acids is 1. The Bertz CT molecular complexity index is 785. The lowest BCUT2D eigenvalue weighted by molar-refractivity contribution is -0.148. The van der Waals surface area contributed by atoms with Crippen LogP contribution < -0.4 is 10.4 Å². The maximum atomic E-state index is 12.3. The first kappa shape index (κ1) is 21.5. The molecule has 0 saturated heterocycles. The van der Waals surface area contributed by atoms with Crippen molar-refractivity contribution in [2.75, 3.05) is 13.7 Å². The maximum Gasteiger partial charge on any atom is 0.309 e. The van der Waals surface area contributed by atoms with Gasteiger partial charge in [0.05, 0.1) is 13.0 Å². The molecule has 1 aliphatic rings. The first-order chi connectivity index (χ1) is 13.9. The van der Waals surface area contributed by atoms with Crippen LogP contribution in [0.3, 0.4) is 0 Å². The predicted octanol–water partition coefficient (Wildman–Crippen LogP) is 4.32. The summed E-state index contributed by atoms with van der Waals surface area (Å²) < 4.78 is 12.1. The average molecular weight is 409 g/mol. The second-order valence-electron chi connectivity index (χ2n) is 8.81. The molecule has 3 rings (SSSR count). The third kappa shape index (κ3) is 4.38. The highest BCUT2D eigenvalue weighted by atomic mass is 28.4. The summed E-state index contributed by atoms with van der Waals surface area (Å²) >= 11 is 0. The molecule has 0 fully saturated rings. The molecule has 4 heteroatoms. The van der Waals surface area contributed by atoms with Crippen molar-refractivity contribution >= 4 is 24.7 Å². The molecule has 2 aromatic carbocycles. The summed E-state index contributed by atoms with van der Waals surface area (Å²) in [5, 5.41) is 2.46. The van der Waals surface area contributed by atoms with Crippen molar-refractivity contribution in [1.82, 2.24) is 0 Å². The molecule has 0 spiro atoms. The highest BCUT2D eigenvalue weighted by Gasteiger charge is 2.50. The van der Waals surface area contributed by atoms with Crippen LogP contribution >= 0.6 is 0 Å². The number of benzene rings is 2. The van der Waals surface area contributed by atoms with Crippen LogP contribution in [0.4, 0.5) is 0 Å². The zero-order valence-electron chi connectivity index (χ0n) is 17.9. The van der Waals surface area contributed by atoms with Gasteiger partial charge >= 0.3 is 5.97 Å². The van der Waals surface area contributed by atoms with Crippen molar-refractivity contribution in [2.45, 2.75) is 38.7 Å². The molecular formula is C25H32O3Si. The van der Waals surface area contributed by atoms with E-state index >= 15 is 0 Å². The average Bonchev–Trinajstić information content (AvgIpc) is 2.74. The van der Waals surface area contributed by atoms with E-state index in [1.165, 1.54) is 17.5 Å². The molecule has 0 amide bonds. The third-order valence-electron chi connectivity index (χ3n) is 6.00. The lowest BCUT2D eigenvalue weighted by atomic mass is 9.84. The zero-order valence-corrected chi connectivity index (χ0v) is 18.9. The van der Waals surface area contributed by atoms with Crippen LogP contribution in [0.1, 0.15) is 33.6 Å². The molecule has 0 heterocycles. The number of hydrogen-bond acceptors (Lipinski definition) is 3. The monoisotopic (exact) mass is 408 g/mol. The second-order valence-corrected chi connectivity index (χ2v) is 13.1. The fourth-order valence-corrected chi connectivity index (χ4v) is 9.11. The normalized spacial score (nSPS) is 19.7. The summed E-state index contributed by atoms with van der Waals surface area (Å²) in [7, 11) is -1.11. The van der Waals surface area contributed by atoms with E-state index in [1.54, 1.807) is 0 Å². The number of rotatable bonds is 6. The maximum absolute atomic E-state index is 12.3. The molecule has 0 bridgehead atoms. The van der Waals surface area contributed by atoms with Crippen molar-refractivity contribution in [1.29, 1.82) is 0 Å². The van der Waals surface area contributed by atoms with E-state index in [4.69, 9.17) is 9.16 Å². The summed E-state index contributed by atoms with van der Waals surface area (Å²) in [5.41, 5.74) is 0. The van der Waals surface area contributed by atoms with Crippen molar-refractivity contribution in [3.8, 4) is 0 Å². The molecule has 1 aliphatic carbocycles. The zero-order chi connectivity index (χ0) is 20.9. The van der Waals surface area contributed by atoms with Gasteiger partial charge in [-0.3, -0.25) is 4.79 Å². The largest absolute Gasteiger partial charge is 0.469 e. The molecular weight excluding hydrogens is 376 g/mol. The molecule has 0 saturated carbocycles. The molecule has 0 N–H and O–H groups in total. The minimum atomic E-state index is -2.58. The summed E-state index contributed by atoms with van der Waals surface area (Å²) in [6.07, 6.45) is 5.82. The van der Waals surface area contributed by atoms with Crippen LogP contribution in [0.5, 0.6) is 0 Å². The summed E-state index contributed by atoms with van der Waals surface area (Å²) in [6, 6.07) is 21.3. The van der Waals surface area contributed by atoms with Gasteiger partial charge in [-0.05, 0) is 34.2 Å². The van der Waals surface area contributed by atoms with Crippen LogP contribution in [0.15, 0.2) is 72.8 Å². The number of carbonyl (C=O) groups is 1. The molecule has 0 aliphatic heterocycles. The minimum Gasteiger partial charge on any atom is -0.469 e. The molecule has 29 heavy (non-hydrogen) atoms. The van der Waals surface area contributed by atoms with Crippen LogP contribution in [0.25, 0.3) is 0 Å². The second kappa shape index (κ2) is 9.10. The molecule has 0 radical (unpaired) electrons. The van der Waals surface area contributed by atoms with E-state index < -0.39 is 8.32 Å². The number of methoxy groups -OCH3 is 1. The predicted molar refractivity (Wildman–Crippen MR) is 121 cm³/mol. The third-order valence-corrected chi connectivity index (χ3v) is 11.0. The number of hydrogen-bond donors (Lipinski definition) is 0. The van der Waals surface area contributed by atoms with Crippen molar-refractivity contribution in [3.63, 3.8) is 0 Å². The van der Waals surface area contributed by atoms with E-state index in [9.17, 15) is 4.79 Å². The SMILES string of the molecule is COC(=O)[C@@H]1CC=CC[C@H]1CO[Si](c1ccccc1)(c1ccccc1)C(C)(C)C. The Balaban J connectivity index is 2.02. The van der Waals surface area contributed by atoms with Gasteiger partial charge in [-0.2, -0.15) is 0 Å². The fraction of sp³-hybridized carbons (Fsp3) is 0.400. The minimum absolute atomic E-state index is 0.0685. The topological polar surface area (TPSA) is 35.5 Å². The molecule has 2 aromatic rings. The quantitative estimate of drug-likeness (QED) is 0.406. The van der Waals surface area contributed by atoms with Gasteiger partial charge in [0.1, 0.15) is 0 Å². The number of esters is 1.